The molecule has 4 nitrogen and oxygen atoms in total. The first-order valence-electron chi connectivity index (χ1n) is 9.20. The van der Waals surface area contributed by atoms with Crippen molar-refractivity contribution in [3.8, 4) is 0 Å². The smallest absolute Gasteiger partial charge is 0.107 e. The first kappa shape index (κ1) is 18.7. The van der Waals surface area contributed by atoms with Gasteiger partial charge in [0.15, 0.2) is 0 Å². The molecule has 0 aromatic heterocycles. The molecule has 0 saturated carbocycles. The lowest BCUT2D eigenvalue weighted by molar-refractivity contribution is 0.110. The van der Waals surface area contributed by atoms with Gasteiger partial charge >= 0.3 is 0 Å². The Morgan fingerprint density at radius 1 is 1.07 bits per heavy atom. The lowest BCUT2D eigenvalue weighted by atomic mass is 10.2. The normalized spacial score (nSPS) is 17.4. The van der Waals surface area contributed by atoms with Crippen molar-refractivity contribution in [3.05, 3.63) is 59.9 Å². The zero-order chi connectivity index (χ0) is 19.0. The third kappa shape index (κ3) is 3.83. The highest BCUT2D eigenvalue weighted by atomic mass is 35.5. The van der Waals surface area contributed by atoms with Crippen LogP contribution in [0.2, 0.25) is 5.02 Å². The lowest BCUT2D eigenvalue weighted by Gasteiger charge is -2.40. The predicted octanol–water partition coefficient (Wildman–Crippen LogP) is 4.55. The van der Waals surface area contributed by atoms with Gasteiger partial charge in [0.2, 0.25) is 0 Å². The molecule has 0 N–H and O–H groups in total. The first-order chi connectivity index (χ1) is 13.0. The summed E-state index contributed by atoms with van der Waals surface area (Å²) >= 11 is 8.11. The van der Waals surface area contributed by atoms with Crippen LogP contribution in [-0.4, -0.2) is 61.6 Å². The number of para-hydroxylation sites is 1. The fourth-order valence-electron chi connectivity index (χ4n) is 3.55. The Balaban J connectivity index is 1.62. The molecule has 27 heavy (non-hydrogen) atoms. The van der Waals surface area contributed by atoms with Crippen LogP contribution < -0.4 is 4.90 Å². The Bertz CT molecular complexity index is 848. The quantitative estimate of drug-likeness (QED) is 0.744. The summed E-state index contributed by atoms with van der Waals surface area (Å²) in [7, 11) is 4.30. The van der Waals surface area contributed by atoms with E-state index in [0.717, 1.165) is 55.1 Å². The van der Waals surface area contributed by atoms with Crippen molar-refractivity contribution in [2.75, 3.05) is 51.8 Å². The van der Waals surface area contributed by atoms with Crippen molar-refractivity contribution >= 4 is 34.7 Å². The van der Waals surface area contributed by atoms with E-state index in [9.17, 15) is 0 Å². The van der Waals surface area contributed by atoms with Gasteiger partial charge in [0.1, 0.15) is 5.82 Å². The summed E-state index contributed by atoms with van der Waals surface area (Å²) in [4.78, 5) is 11.8. The number of likely N-dealkylation sites (N-methyl/N-ethyl adjacent to an activating group) is 1. The molecular formula is C21H25ClN4S. The fourth-order valence-corrected chi connectivity index (χ4v) is 4.75. The van der Waals surface area contributed by atoms with Gasteiger partial charge in [-0.15, -0.1) is 0 Å². The molecule has 0 unspecified atom stereocenters. The zero-order valence-electron chi connectivity index (χ0n) is 15.9. The summed E-state index contributed by atoms with van der Waals surface area (Å²) in [6.07, 6.45) is 0. The number of hydrogen-bond acceptors (Lipinski definition) is 5. The highest BCUT2D eigenvalue weighted by Crippen LogP contribution is 2.50. The van der Waals surface area contributed by atoms with Gasteiger partial charge in [-0.05, 0) is 37.4 Å². The molecule has 0 atom stereocenters. The van der Waals surface area contributed by atoms with Crippen LogP contribution in [-0.2, 0) is 0 Å². The van der Waals surface area contributed by atoms with Gasteiger partial charge < -0.3 is 9.80 Å². The molecule has 2 aliphatic heterocycles. The molecule has 2 aliphatic rings. The minimum absolute atomic E-state index is 0.744. The molecule has 2 aromatic rings. The van der Waals surface area contributed by atoms with Crippen molar-refractivity contribution in [3.63, 3.8) is 0 Å². The van der Waals surface area contributed by atoms with E-state index in [0.29, 0.717) is 0 Å². The summed E-state index contributed by atoms with van der Waals surface area (Å²) in [5.41, 5.74) is 2.26. The second kappa shape index (κ2) is 7.76. The standard InChI is InChI=1S/C21H25ClN4S/c1-16(24(3)15-25-12-10-23(2)11-13-25)26-18-6-4-5-7-20(18)27-21-9-8-17(22)14-19(21)26/h4-9,14H,1,10-13,15H2,2-3H3. The summed E-state index contributed by atoms with van der Waals surface area (Å²) in [5.74, 6) is 0.963. The minimum Gasteiger partial charge on any atom is -0.348 e. The third-order valence-electron chi connectivity index (χ3n) is 5.19. The first-order valence-corrected chi connectivity index (χ1v) is 10.4. The van der Waals surface area contributed by atoms with Crippen molar-refractivity contribution in [2.45, 2.75) is 9.79 Å². The predicted molar refractivity (Wildman–Crippen MR) is 115 cm³/mol. The molecule has 0 bridgehead atoms. The SMILES string of the molecule is C=C(N(C)CN1CCN(C)CC1)N1c2ccccc2Sc2ccc(Cl)cc21. The third-order valence-corrected chi connectivity index (χ3v) is 6.56. The van der Waals surface area contributed by atoms with E-state index in [2.05, 4.69) is 70.6 Å². The van der Waals surface area contributed by atoms with Crippen molar-refractivity contribution in [2.24, 2.45) is 0 Å². The average molecular weight is 401 g/mol. The molecule has 0 spiro atoms. The number of halogens is 1. The van der Waals surface area contributed by atoms with Gasteiger partial charge in [-0.1, -0.05) is 42.1 Å². The molecule has 0 aliphatic carbocycles. The number of anilines is 2. The van der Waals surface area contributed by atoms with Gasteiger partial charge in [0, 0.05) is 48.0 Å². The monoisotopic (exact) mass is 400 g/mol. The van der Waals surface area contributed by atoms with Crippen LogP contribution in [0.15, 0.2) is 64.7 Å². The van der Waals surface area contributed by atoms with Crippen LogP contribution in [0.5, 0.6) is 0 Å². The van der Waals surface area contributed by atoms with E-state index >= 15 is 0 Å². The largest absolute Gasteiger partial charge is 0.348 e. The van der Waals surface area contributed by atoms with Gasteiger partial charge in [-0.3, -0.25) is 9.80 Å². The zero-order valence-corrected chi connectivity index (χ0v) is 17.4. The van der Waals surface area contributed by atoms with Crippen LogP contribution in [0.4, 0.5) is 11.4 Å². The maximum Gasteiger partial charge on any atom is 0.107 e. The molecule has 1 fully saturated rings. The van der Waals surface area contributed by atoms with Crippen molar-refractivity contribution in [1.82, 2.24) is 14.7 Å². The second-order valence-electron chi connectivity index (χ2n) is 7.19. The molecular weight excluding hydrogens is 376 g/mol. The number of nitrogens with zero attached hydrogens (tertiary/aromatic N) is 4. The Morgan fingerprint density at radius 3 is 2.56 bits per heavy atom. The number of benzene rings is 2. The summed E-state index contributed by atoms with van der Waals surface area (Å²) in [5, 5.41) is 0.744. The molecule has 142 valence electrons. The van der Waals surface area contributed by atoms with Gasteiger partial charge in [0.25, 0.3) is 0 Å². The van der Waals surface area contributed by atoms with Crippen molar-refractivity contribution in [1.29, 1.82) is 0 Å². The lowest BCUT2D eigenvalue weighted by Crippen LogP contribution is -2.48. The van der Waals surface area contributed by atoms with Gasteiger partial charge in [-0.2, -0.15) is 0 Å². The molecule has 0 amide bonds. The van der Waals surface area contributed by atoms with Crippen LogP contribution in [0.1, 0.15) is 0 Å². The summed E-state index contributed by atoms with van der Waals surface area (Å²) in [6.45, 7) is 9.72. The summed E-state index contributed by atoms with van der Waals surface area (Å²) in [6, 6.07) is 14.6. The molecule has 2 heterocycles. The minimum atomic E-state index is 0.744. The number of fused-ring (bicyclic) bond motifs is 2. The van der Waals surface area contributed by atoms with Crippen LogP contribution in [0.3, 0.4) is 0 Å². The maximum absolute atomic E-state index is 6.33. The van der Waals surface area contributed by atoms with E-state index in [1.165, 1.54) is 9.79 Å². The van der Waals surface area contributed by atoms with E-state index in [1.54, 1.807) is 11.8 Å². The highest BCUT2D eigenvalue weighted by Gasteiger charge is 2.27. The second-order valence-corrected chi connectivity index (χ2v) is 8.71. The maximum atomic E-state index is 6.33. The van der Waals surface area contributed by atoms with E-state index < -0.39 is 0 Å². The number of rotatable bonds is 4. The molecule has 2 aromatic carbocycles. The molecule has 1 saturated heterocycles. The molecule has 6 heteroatoms. The van der Waals surface area contributed by atoms with E-state index in [-0.39, 0.29) is 0 Å². The Morgan fingerprint density at radius 2 is 1.78 bits per heavy atom. The fraction of sp³-hybridized carbons (Fsp3) is 0.333. The Kier molecular flexibility index (Phi) is 5.37. The molecule has 0 radical (unpaired) electrons. The molecule has 4 rings (SSSR count). The Hall–Kier alpha value is -1.66. The highest BCUT2D eigenvalue weighted by molar-refractivity contribution is 7.99. The topological polar surface area (TPSA) is 13.0 Å². The van der Waals surface area contributed by atoms with Crippen LogP contribution in [0.25, 0.3) is 0 Å². The Labute approximate surface area is 171 Å². The van der Waals surface area contributed by atoms with Gasteiger partial charge in [0.05, 0.1) is 18.0 Å². The van der Waals surface area contributed by atoms with Crippen molar-refractivity contribution < 1.29 is 0 Å². The number of piperazine rings is 1. The summed E-state index contributed by atoms with van der Waals surface area (Å²) < 4.78 is 0. The van der Waals surface area contributed by atoms with Crippen LogP contribution in [0, 0.1) is 0 Å². The van der Waals surface area contributed by atoms with Gasteiger partial charge in [-0.25, -0.2) is 0 Å². The van der Waals surface area contributed by atoms with E-state index in [1.807, 2.05) is 12.1 Å². The van der Waals surface area contributed by atoms with Crippen LogP contribution >= 0.6 is 23.4 Å². The van der Waals surface area contributed by atoms with E-state index in [4.69, 9.17) is 11.6 Å². The number of hydrogen-bond donors (Lipinski definition) is 0. The average Bonchev–Trinajstić information content (AvgIpc) is 2.67.